The summed E-state index contributed by atoms with van der Waals surface area (Å²) >= 11 is 0. The summed E-state index contributed by atoms with van der Waals surface area (Å²) in [5.74, 6) is 0. The Morgan fingerprint density at radius 2 is 2.15 bits per heavy atom. The standard InChI is InChI=1S/C11H13NO/c1-9-4-3-5-10-6-7-12(8-13-2)11(9)10/h3-7H,8H2,1-2H3. The van der Waals surface area contributed by atoms with Crippen molar-refractivity contribution in [2.75, 3.05) is 7.11 Å². The zero-order valence-corrected chi connectivity index (χ0v) is 7.95. The average Bonchev–Trinajstić information content (AvgIpc) is 2.51. The molecule has 0 atom stereocenters. The molecule has 13 heavy (non-hydrogen) atoms. The van der Waals surface area contributed by atoms with Gasteiger partial charge in [0, 0.05) is 13.3 Å². The zero-order chi connectivity index (χ0) is 9.26. The minimum absolute atomic E-state index is 0.619. The molecule has 2 aromatic rings. The van der Waals surface area contributed by atoms with Crippen molar-refractivity contribution in [1.82, 2.24) is 4.57 Å². The second kappa shape index (κ2) is 3.23. The molecule has 0 radical (unpaired) electrons. The first-order valence-electron chi connectivity index (χ1n) is 4.36. The minimum atomic E-state index is 0.619. The third-order valence-corrected chi connectivity index (χ3v) is 2.26. The van der Waals surface area contributed by atoms with Crippen LogP contribution in [0.2, 0.25) is 0 Å². The molecular formula is C11H13NO. The van der Waals surface area contributed by atoms with E-state index in [1.165, 1.54) is 16.5 Å². The number of ether oxygens (including phenoxy) is 1. The van der Waals surface area contributed by atoms with Crippen LogP contribution in [0.5, 0.6) is 0 Å². The lowest BCUT2D eigenvalue weighted by Crippen LogP contribution is -1.98. The highest BCUT2D eigenvalue weighted by atomic mass is 16.5. The molecule has 0 amide bonds. The molecule has 2 nitrogen and oxygen atoms in total. The monoisotopic (exact) mass is 175 g/mol. The van der Waals surface area contributed by atoms with Gasteiger partial charge in [0.15, 0.2) is 0 Å². The van der Waals surface area contributed by atoms with E-state index in [0.29, 0.717) is 6.73 Å². The number of hydrogen-bond donors (Lipinski definition) is 0. The van der Waals surface area contributed by atoms with Crippen molar-refractivity contribution in [3.05, 3.63) is 36.0 Å². The Morgan fingerprint density at radius 1 is 1.31 bits per heavy atom. The van der Waals surface area contributed by atoms with E-state index >= 15 is 0 Å². The van der Waals surface area contributed by atoms with Gasteiger partial charge >= 0.3 is 0 Å². The fraction of sp³-hybridized carbons (Fsp3) is 0.273. The van der Waals surface area contributed by atoms with Gasteiger partial charge in [-0.1, -0.05) is 18.2 Å². The fourth-order valence-electron chi connectivity index (χ4n) is 1.70. The Bertz CT molecular complexity index is 417. The Morgan fingerprint density at radius 3 is 2.92 bits per heavy atom. The molecule has 1 aromatic heterocycles. The molecule has 0 spiro atoms. The highest BCUT2D eigenvalue weighted by molar-refractivity contribution is 5.83. The lowest BCUT2D eigenvalue weighted by Gasteiger charge is -2.05. The first kappa shape index (κ1) is 8.32. The molecule has 68 valence electrons. The van der Waals surface area contributed by atoms with E-state index in [2.05, 4.69) is 42.0 Å². The van der Waals surface area contributed by atoms with Gasteiger partial charge < -0.3 is 9.30 Å². The van der Waals surface area contributed by atoms with E-state index in [1.807, 2.05) is 0 Å². The molecule has 0 aliphatic rings. The summed E-state index contributed by atoms with van der Waals surface area (Å²) in [7, 11) is 1.71. The van der Waals surface area contributed by atoms with Gasteiger partial charge in [0.2, 0.25) is 0 Å². The maximum absolute atomic E-state index is 5.11. The summed E-state index contributed by atoms with van der Waals surface area (Å²) in [6.07, 6.45) is 2.06. The molecule has 1 aromatic carbocycles. The SMILES string of the molecule is COCn1ccc2cccc(C)c21. The number of fused-ring (bicyclic) bond motifs is 1. The summed E-state index contributed by atoms with van der Waals surface area (Å²) in [6.45, 7) is 2.74. The highest BCUT2D eigenvalue weighted by Crippen LogP contribution is 2.19. The molecule has 1 heterocycles. The highest BCUT2D eigenvalue weighted by Gasteiger charge is 2.01. The van der Waals surface area contributed by atoms with Crippen molar-refractivity contribution < 1.29 is 4.74 Å². The number of benzene rings is 1. The van der Waals surface area contributed by atoms with Crippen LogP contribution in [0, 0.1) is 6.92 Å². The number of para-hydroxylation sites is 1. The lowest BCUT2D eigenvalue weighted by molar-refractivity contribution is 0.135. The van der Waals surface area contributed by atoms with E-state index < -0.39 is 0 Å². The summed E-state index contributed by atoms with van der Waals surface area (Å²) < 4.78 is 7.23. The van der Waals surface area contributed by atoms with Crippen molar-refractivity contribution in [3.8, 4) is 0 Å². The van der Waals surface area contributed by atoms with Gasteiger partial charge in [-0.3, -0.25) is 0 Å². The molecule has 2 heteroatoms. The van der Waals surface area contributed by atoms with E-state index in [1.54, 1.807) is 7.11 Å². The van der Waals surface area contributed by atoms with Crippen LogP contribution in [0.25, 0.3) is 10.9 Å². The first-order valence-corrected chi connectivity index (χ1v) is 4.36. The second-order valence-electron chi connectivity index (χ2n) is 3.22. The van der Waals surface area contributed by atoms with Crippen LogP contribution in [0.15, 0.2) is 30.5 Å². The predicted molar refractivity (Wildman–Crippen MR) is 53.7 cm³/mol. The lowest BCUT2D eigenvalue weighted by atomic mass is 10.2. The third-order valence-electron chi connectivity index (χ3n) is 2.26. The van der Waals surface area contributed by atoms with Crippen LogP contribution >= 0.6 is 0 Å². The van der Waals surface area contributed by atoms with Crippen LogP contribution in [0.1, 0.15) is 5.56 Å². The van der Waals surface area contributed by atoms with Gasteiger partial charge in [-0.05, 0) is 23.9 Å². The number of methoxy groups -OCH3 is 1. The number of aryl methyl sites for hydroxylation is 1. The minimum Gasteiger partial charge on any atom is -0.364 e. The number of nitrogens with zero attached hydrogens (tertiary/aromatic N) is 1. The molecule has 0 aliphatic carbocycles. The van der Waals surface area contributed by atoms with Crippen molar-refractivity contribution in [2.24, 2.45) is 0 Å². The van der Waals surface area contributed by atoms with Crippen molar-refractivity contribution in [3.63, 3.8) is 0 Å². The smallest absolute Gasteiger partial charge is 0.122 e. The molecule has 0 saturated carbocycles. The molecule has 0 saturated heterocycles. The van der Waals surface area contributed by atoms with Crippen molar-refractivity contribution in [2.45, 2.75) is 13.7 Å². The van der Waals surface area contributed by atoms with E-state index in [4.69, 9.17) is 4.74 Å². The van der Waals surface area contributed by atoms with E-state index in [-0.39, 0.29) is 0 Å². The maximum Gasteiger partial charge on any atom is 0.122 e. The Kier molecular flexibility index (Phi) is 2.07. The van der Waals surface area contributed by atoms with Crippen LogP contribution in [-0.4, -0.2) is 11.7 Å². The predicted octanol–water partition coefficient (Wildman–Crippen LogP) is 2.55. The third kappa shape index (κ3) is 1.33. The van der Waals surface area contributed by atoms with Gasteiger partial charge in [-0.25, -0.2) is 0 Å². The van der Waals surface area contributed by atoms with Gasteiger partial charge in [-0.15, -0.1) is 0 Å². The van der Waals surface area contributed by atoms with Gasteiger partial charge in [0.05, 0.1) is 5.52 Å². The fourth-order valence-corrected chi connectivity index (χ4v) is 1.70. The van der Waals surface area contributed by atoms with Crippen LogP contribution in [-0.2, 0) is 11.5 Å². The second-order valence-corrected chi connectivity index (χ2v) is 3.22. The number of aromatic nitrogens is 1. The first-order chi connectivity index (χ1) is 6.33. The van der Waals surface area contributed by atoms with Gasteiger partial charge in [0.25, 0.3) is 0 Å². The molecule has 2 rings (SSSR count). The molecule has 0 N–H and O–H groups in total. The van der Waals surface area contributed by atoms with Crippen molar-refractivity contribution >= 4 is 10.9 Å². The summed E-state index contributed by atoms with van der Waals surface area (Å²) in [5, 5.41) is 1.28. The van der Waals surface area contributed by atoms with Gasteiger partial charge in [0.1, 0.15) is 6.73 Å². The molecule has 0 fully saturated rings. The van der Waals surface area contributed by atoms with Crippen molar-refractivity contribution in [1.29, 1.82) is 0 Å². The largest absolute Gasteiger partial charge is 0.364 e. The number of hydrogen-bond acceptors (Lipinski definition) is 1. The van der Waals surface area contributed by atoms with E-state index in [0.717, 1.165) is 0 Å². The molecule has 0 bridgehead atoms. The van der Waals surface area contributed by atoms with Gasteiger partial charge in [-0.2, -0.15) is 0 Å². The quantitative estimate of drug-likeness (QED) is 0.684. The summed E-state index contributed by atoms with van der Waals surface area (Å²) in [6, 6.07) is 8.43. The Hall–Kier alpha value is -1.28. The van der Waals surface area contributed by atoms with Crippen LogP contribution in [0.3, 0.4) is 0 Å². The normalized spacial score (nSPS) is 10.9. The average molecular weight is 175 g/mol. The molecule has 0 aliphatic heterocycles. The molecule has 0 unspecified atom stereocenters. The van der Waals surface area contributed by atoms with Crippen LogP contribution < -0.4 is 0 Å². The Balaban J connectivity index is 2.64. The van der Waals surface area contributed by atoms with E-state index in [9.17, 15) is 0 Å². The zero-order valence-electron chi connectivity index (χ0n) is 7.95. The maximum atomic E-state index is 5.11. The Labute approximate surface area is 77.7 Å². The number of rotatable bonds is 2. The topological polar surface area (TPSA) is 14.2 Å². The summed E-state index contributed by atoms with van der Waals surface area (Å²) in [5.41, 5.74) is 2.56. The molecular weight excluding hydrogens is 162 g/mol. The van der Waals surface area contributed by atoms with Crippen LogP contribution in [0.4, 0.5) is 0 Å². The summed E-state index contributed by atoms with van der Waals surface area (Å²) in [4.78, 5) is 0.